The van der Waals surface area contributed by atoms with Crippen LogP contribution in [0.1, 0.15) is 24.8 Å². The maximum Gasteiger partial charge on any atom is 0.221 e. The molecule has 1 aromatic rings. The monoisotopic (exact) mass is 250 g/mol. The summed E-state index contributed by atoms with van der Waals surface area (Å²) in [7, 11) is 0. The molecule has 1 aromatic carbocycles. The second-order valence-electron chi connectivity index (χ2n) is 4.55. The van der Waals surface area contributed by atoms with Crippen molar-refractivity contribution in [1.82, 2.24) is 10.6 Å². The van der Waals surface area contributed by atoms with Gasteiger partial charge in [-0.3, -0.25) is 4.79 Å². The van der Waals surface area contributed by atoms with E-state index >= 15 is 0 Å². The summed E-state index contributed by atoms with van der Waals surface area (Å²) in [6.45, 7) is 0.977. The van der Waals surface area contributed by atoms with Crippen molar-refractivity contribution in [1.29, 1.82) is 0 Å². The van der Waals surface area contributed by atoms with Crippen molar-refractivity contribution in [3.63, 3.8) is 0 Å². The van der Waals surface area contributed by atoms with Crippen molar-refractivity contribution in [2.45, 2.75) is 31.8 Å². The van der Waals surface area contributed by atoms with Crippen molar-refractivity contribution in [2.75, 3.05) is 6.54 Å². The zero-order valence-electron chi connectivity index (χ0n) is 10.1. The van der Waals surface area contributed by atoms with Gasteiger partial charge >= 0.3 is 0 Å². The van der Waals surface area contributed by atoms with E-state index in [4.69, 9.17) is 0 Å². The number of hydrogen-bond donors (Lipinski definition) is 4. The Balaban J connectivity index is 1.68. The molecule has 0 spiro atoms. The molecule has 0 heterocycles. The van der Waals surface area contributed by atoms with E-state index in [-0.39, 0.29) is 17.4 Å². The first kappa shape index (κ1) is 12.7. The number of nitrogens with one attached hydrogen (secondary N) is 2. The molecule has 1 aliphatic rings. The maximum atomic E-state index is 11.4. The highest BCUT2D eigenvalue weighted by atomic mass is 16.3. The summed E-state index contributed by atoms with van der Waals surface area (Å²) in [6.07, 6.45) is 2.61. The summed E-state index contributed by atoms with van der Waals surface area (Å²) in [5.74, 6) is -0.168. The SMILES string of the molecule is O=C(CCNCc1cccc(O)c1O)NC1CC1. The predicted molar refractivity (Wildman–Crippen MR) is 67.3 cm³/mol. The molecule has 1 fully saturated rings. The zero-order valence-corrected chi connectivity index (χ0v) is 10.1. The Labute approximate surface area is 106 Å². The minimum atomic E-state index is -0.124. The minimum Gasteiger partial charge on any atom is -0.504 e. The summed E-state index contributed by atoms with van der Waals surface area (Å²) in [5.41, 5.74) is 0.623. The molecule has 5 heteroatoms. The molecule has 5 nitrogen and oxygen atoms in total. The zero-order chi connectivity index (χ0) is 13.0. The summed E-state index contributed by atoms with van der Waals surface area (Å²) in [6, 6.07) is 5.23. The molecular formula is C13H18N2O3. The number of hydrogen-bond acceptors (Lipinski definition) is 4. The molecular weight excluding hydrogens is 232 g/mol. The third kappa shape index (κ3) is 3.63. The Morgan fingerprint density at radius 1 is 1.33 bits per heavy atom. The van der Waals surface area contributed by atoms with Crippen LogP contribution in [0.25, 0.3) is 0 Å². The van der Waals surface area contributed by atoms with Crippen LogP contribution in [0, 0.1) is 0 Å². The summed E-state index contributed by atoms with van der Waals surface area (Å²) < 4.78 is 0. The first-order valence-electron chi connectivity index (χ1n) is 6.16. The maximum absolute atomic E-state index is 11.4. The van der Waals surface area contributed by atoms with Crippen LogP contribution in [-0.4, -0.2) is 28.7 Å². The van der Waals surface area contributed by atoms with E-state index in [1.165, 1.54) is 6.07 Å². The third-order valence-electron chi connectivity index (χ3n) is 2.89. The van der Waals surface area contributed by atoms with E-state index < -0.39 is 0 Å². The number of phenols is 2. The molecule has 4 N–H and O–H groups in total. The van der Waals surface area contributed by atoms with Gasteiger partial charge in [-0.1, -0.05) is 12.1 Å². The minimum absolute atomic E-state index is 0.0603. The second kappa shape index (κ2) is 5.73. The second-order valence-corrected chi connectivity index (χ2v) is 4.55. The van der Waals surface area contributed by atoms with Crippen LogP contribution in [0.3, 0.4) is 0 Å². The molecule has 0 radical (unpaired) electrons. The van der Waals surface area contributed by atoms with E-state index in [9.17, 15) is 15.0 Å². The lowest BCUT2D eigenvalue weighted by molar-refractivity contribution is -0.121. The number of phenolic OH excluding ortho intramolecular Hbond substituents is 2. The van der Waals surface area contributed by atoms with Gasteiger partial charge in [-0.15, -0.1) is 0 Å². The molecule has 98 valence electrons. The van der Waals surface area contributed by atoms with Gasteiger partial charge in [0.1, 0.15) is 0 Å². The normalized spacial score (nSPS) is 14.4. The molecule has 0 unspecified atom stereocenters. The lowest BCUT2D eigenvalue weighted by Gasteiger charge is -2.08. The number of carbonyl (C=O) groups is 1. The highest BCUT2D eigenvalue weighted by Crippen LogP contribution is 2.27. The molecule has 18 heavy (non-hydrogen) atoms. The molecule has 0 aliphatic heterocycles. The number of carbonyl (C=O) groups excluding carboxylic acids is 1. The Morgan fingerprint density at radius 2 is 2.11 bits per heavy atom. The molecule has 2 rings (SSSR count). The van der Waals surface area contributed by atoms with Gasteiger partial charge in [0, 0.05) is 31.1 Å². The van der Waals surface area contributed by atoms with Crippen LogP contribution in [0.4, 0.5) is 0 Å². The molecule has 1 aliphatic carbocycles. The average Bonchev–Trinajstić information content (AvgIpc) is 3.13. The molecule has 1 saturated carbocycles. The van der Waals surface area contributed by atoms with Crippen molar-refractivity contribution >= 4 is 5.91 Å². The number of para-hydroxylation sites is 1. The fourth-order valence-electron chi connectivity index (χ4n) is 1.67. The number of amides is 1. The number of rotatable bonds is 6. The molecule has 0 aromatic heterocycles. The molecule has 1 amide bonds. The van der Waals surface area contributed by atoms with Gasteiger partial charge in [-0.05, 0) is 18.9 Å². The van der Waals surface area contributed by atoms with Crippen molar-refractivity contribution < 1.29 is 15.0 Å². The van der Waals surface area contributed by atoms with Crippen LogP contribution in [-0.2, 0) is 11.3 Å². The van der Waals surface area contributed by atoms with Gasteiger partial charge < -0.3 is 20.8 Å². The number of benzene rings is 1. The fourth-order valence-corrected chi connectivity index (χ4v) is 1.67. The van der Waals surface area contributed by atoms with Crippen LogP contribution >= 0.6 is 0 Å². The van der Waals surface area contributed by atoms with Crippen molar-refractivity contribution in [3.8, 4) is 11.5 Å². The van der Waals surface area contributed by atoms with Gasteiger partial charge in [0.05, 0.1) is 0 Å². The smallest absolute Gasteiger partial charge is 0.221 e. The Kier molecular flexibility index (Phi) is 4.04. The van der Waals surface area contributed by atoms with Crippen molar-refractivity contribution in [2.24, 2.45) is 0 Å². The lowest BCUT2D eigenvalue weighted by atomic mass is 10.2. The third-order valence-corrected chi connectivity index (χ3v) is 2.89. The standard InChI is InChI=1S/C13H18N2O3/c16-11-3-1-2-9(13(11)18)8-14-7-6-12(17)15-10-4-5-10/h1-3,10,14,16,18H,4-8H2,(H,15,17). The highest BCUT2D eigenvalue weighted by molar-refractivity contribution is 5.76. The Morgan fingerprint density at radius 3 is 2.83 bits per heavy atom. The fraction of sp³-hybridized carbons (Fsp3) is 0.462. The molecule has 0 saturated heterocycles. The van der Waals surface area contributed by atoms with Crippen LogP contribution < -0.4 is 10.6 Å². The molecule has 0 atom stereocenters. The topological polar surface area (TPSA) is 81.6 Å². The van der Waals surface area contributed by atoms with Gasteiger partial charge in [0.2, 0.25) is 5.91 Å². The quantitative estimate of drug-likeness (QED) is 0.446. The van der Waals surface area contributed by atoms with E-state index in [2.05, 4.69) is 10.6 Å². The average molecular weight is 250 g/mol. The summed E-state index contributed by atoms with van der Waals surface area (Å²) >= 11 is 0. The first-order valence-corrected chi connectivity index (χ1v) is 6.16. The van der Waals surface area contributed by atoms with Crippen LogP contribution in [0.2, 0.25) is 0 Å². The highest BCUT2D eigenvalue weighted by Gasteiger charge is 2.22. The Hall–Kier alpha value is -1.75. The van der Waals surface area contributed by atoms with Crippen LogP contribution in [0.15, 0.2) is 18.2 Å². The van der Waals surface area contributed by atoms with E-state index in [1.807, 2.05) is 0 Å². The lowest BCUT2D eigenvalue weighted by Crippen LogP contribution is -2.29. The largest absolute Gasteiger partial charge is 0.504 e. The summed E-state index contributed by atoms with van der Waals surface area (Å²) in [5, 5.41) is 24.8. The van der Waals surface area contributed by atoms with Crippen LogP contribution in [0.5, 0.6) is 11.5 Å². The summed E-state index contributed by atoms with van der Waals surface area (Å²) in [4.78, 5) is 11.4. The Bertz CT molecular complexity index is 430. The van der Waals surface area contributed by atoms with Gasteiger partial charge in [-0.25, -0.2) is 0 Å². The number of aromatic hydroxyl groups is 2. The van der Waals surface area contributed by atoms with Gasteiger partial charge in [0.15, 0.2) is 11.5 Å². The van der Waals surface area contributed by atoms with Gasteiger partial charge in [-0.2, -0.15) is 0 Å². The van der Waals surface area contributed by atoms with E-state index in [0.717, 1.165) is 12.8 Å². The first-order chi connectivity index (χ1) is 8.66. The van der Waals surface area contributed by atoms with E-state index in [1.54, 1.807) is 12.1 Å². The predicted octanol–water partition coefficient (Wildman–Crippen LogP) is 0.856. The van der Waals surface area contributed by atoms with E-state index in [0.29, 0.717) is 31.1 Å². The van der Waals surface area contributed by atoms with Crippen molar-refractivity contribution in [3.05, 3.63) is 23.8 Å². The van der Waals surface area contributed by atoms with Gasteiger partial charge in [0.25, 0.3) is 0 Å². The molecule has 0 bridgehead atoms.